The van der Waals surface area contributed by atoms with Gasteiger partial charge in [0.25, 0.3) is 0 Å². The molecule has 4 fully saturated rings. The van der Waals surface area contributed by atoms with Crippen LogP contribution in [0.3, 0.4) is 0 Å². The van der Waals surface area contributed by atoms with Crippen molar-refractivity contribution in [1.82, 2.24) is 4.31 Å². The van der Waals surface area contributed by atoms with Crippen LogP contribution in [0.4, 0.5) is 0 Å². The minimum absolute atomic E-state index is 0.0241. The number of sulfonamides is 1. The van der Waals surface area contributed by atoms with Gasteiger partial charge < -0.3 is 5.11 Å². The van der Waals surface area contributed by atoms with Gasteiger partial charge in [-0.3, -0.25) is 4.79 Å². The second-order valence-corrected chi connectivity index (χ2v) is 9.24. The Morgan fingerprint density at radius 2 is 1.76 bits per heavy atom. The topological polar surface area (TPSA) is 74.7 Å². The number of carboxylic acids is 1. The molecule has 5 nitrogen and oxygen atoms in total. The number of fused-ring (bicyclic) bond motifs is 3. The molecule has 0 aromatic carbocycles. The van der Waals surface area contributed by atoms with E-state index in [9.17, 15) is 13.2 Å². The van der Waals surface area contributed by atoms with Crippen molar-refractivity contribution in [3.8, 4) is 0 Å². The predicted octanol–water partition coefficient (Wildman–Crippen LogP) is 2.08. The van der Waals surface area contributed by atoms with E-state index in [0.29, 0.717) is 19.4 Å². The first-order valence-corrected chi connectivity index (χ1v) is 9.72. The molecular weight excluding hydrogens is 290 g/mol. The molecule has 1 saturated heterocycles. The predicted molar refractivity (Wildman–Crippen MR) is 79.3 cm³/mol. The fourth-order valence-electron chi connectivity index (χ4n) is 4.43. The van der Waals surface area contributed by atoms with E-state index < -0.39 is 21.9 Å². The van der Waals surface area contributed by atoms with Crippen molar-refractivity contribution >= 4 is 16.0 Å². The van der Waals surface area contributed by atoms with Gasteiger partial charge >= 0.3 is 5.97 Å². The molecule has 1 atom stereocenters. The highest BCUT2D eigenvalue weighted by Gasteiger charge is 2.45. The number of hydrogen-bond donors (Lipinski definition) is 1. The van der Waals surface area contributed by atoms with E-state index in [1.807, 2.05) is 0 Å². The molecule has 3 saturated carbocycles. The summed E-state index contributed by atoms with van der Waals surface area (Å²) in [6.07, 6.45) is 7.88. The molecule has 1 N–H and O–H groups in total. The minimum Gasteiger partial charge on any atom is -0.481 e. The molecule has 0 aromatic rings. The third-order valence-electron chi connectivity index (χ3n) is 5.86. The van der Waals surface area contributed by atoms with E-state index in [-0.39, 0.29) is 17.7 Å². The molecule has 21 heavy (non-hydrogen) atoms. The Balaban J connectivity index is 1.70. The molecule has 6 heteroatoms. The summed E-state index contributed by atoms with van der Waals surface area (Å²) < 4.78 is 26.9. The van der Waals surface area contributed by atoms with Crippen LogP contribution >= 0.6 is 0 Å². The summed E-state index contributed by atoms with van der Waals surface area (Å²) in [6.45, 7) is 0.654. The minimum atomic E-state index is -3.33. The third-order valence-corrected chi connectivity index (χ3v) is 7.96. The zero-order valence-corrected chi connectivity index (χ0v) is 13.3. The highest BCUT2D eigenvalue weighted by atomic mass is 32.2. The first-order valence-electron chi connectivity index (χ1n) is 8.11. The van der Waals surface area contributed by atoms with Crippen LogP contribution in [-0.4, -0.2) is 42.6 Å². The monoisotopic (exact) mass is 315 g/mol. The molecule has 0 amide bonds. The molecule has 0 radical (unpaired) electrons. The molecule has 4 rings (SSSR count). The lowest BCUT2D eigenvalue weighted by molar-refractivity contribution is -0.142. The summed E-state index contributed by atoms with van der Waals surface area (Å²) in [5.41, 5.74) is -0.0241. The summed E-state index contributed by atoms with van der Waals surface area (Å²) in [4.78, 5) is 11.1. The van der Waals surface area contributed by atoms with Crippen molar-refractivity contribution < 1.29 is 18.3 Å². The Hall–Kier alpha value is -0.620. The fraction of sp³-hybridized carbons (Fsp3) is 0.933. The van der Waals surface area contributed by atoms with Gasteiger partial charge in [0, 0.05) is 13.1 Å². The molecule has 0 spiro atoms. The maximum absolute atomic E-state index is 12.7. The average molecular weight is 315 g/mol. The van der Waals surface area contributed by atoms with Crippen molar-refractivity contribution in [2.75, 3.05) is 18.8 Å². The van der Waals surface area contributed by atoms with Gasteiger partial charge in [-0.2, -0.15) is 0 Å². The Labute approximate surface area is 126 Å². The molecular formula is C15H25NO4S. The molecule has 120 valence electrons. The second-order valence-electron chi connectivity index (χ2n) is 7.27. The Bertz CT molecular complexity index is 494. The summed E-state index contributed by atoms with van der Waals surface area (Å²) in [5.74, 6) is -0.348. The van der Waals surface area contributed by atoms with Crippen molar-refractivity contribution in [2.24, 2.45) is 17.3 Å². The summed E-state index contributed by atoms with van der Waals surface area (Å²) in [6, 6.07) is 0. The highest BCUT2D eigenvalue weighted by Crippen LogP contribution is 2.51. The van der Waals surface area contributed by atoms with E-state index >= 15 is 0 Å². The Morgan fingerprint density at radius 1 is 1.14 bits per heavy atom. The van der Waals surface area contributed by atoms with Gasteiger partial charge in [0.2, 0.25) is 10.0 Å². The lowest BCUT2D eigenvalue weighted by Crippen LogP contribution is -2.48. The van der Waals surface area contributed by atoms with Crippen LogP contribution in [-0.2, 0) is 14.8 Å². The molecule has 1 heterocycles. The summed E-state index contributed by atoms with van der Waals surface area (Å²) >= 11 is 0. The SMILES string of the molecule is O=C(O)C1CCCN(S(=O)(=O)CC23CCC(CC2)CC3)C1. The van der Waals surface area contributed by atoms with E-state index in [2.05, 4.69) is 0 Å². The largest absolute Gasteiger partial charge is 0.481 e. The molecule has 1 unspecified atom stereocenters. The highest BCUT2D eigenvalue weighted by molar-refractivity contribution is 7.89. The standard InChI is InChI=1S/C15H25NO4S/c17-14(18)13-2-1-9-16(10-13)21(19,20)11-15-6-3-12(4-7-15)5-8-15/h12-13H,1-11H2,(H,17,18). The number of nitrogens with zero attached hydrogens (tertiary/aromatic N) is 1. The van der Waals surface area contributed by atoms with Crippen LogP contribution in [0, 0.1) is 17.3 Å². The summed E-state index contributed by atoms with van der Waals surface area (Å²) in [7, 11) is -3.33. The quantitative estimate of drug-likeness (QED) is 0.862. The normalized spacial score (nSPS) is 37.5. The summed E-state index contributed by atoms with van der Waals surface area (Å²) in [5, 5.41) is 9.12. The van der Waals surface area contributed by atoms with Crippen molar-refractivity contribution in [1.29, 1.82) is 0 Å². The lowest BCUT2D eigenvalue weighted by atomic mass is 9.62. The number of piperidine rings is 1. The van der Waals surface area contributed by atoms with Gasteiger partial charge in [0.15, 0.2) is 0 Å². The fourth-order valence-corrected chi connectivity index (χ4v) is 6.63. The van der Waals surface area contributed by atoms with Crippen molar-refractivity contribution in [3.05, 3.63) is 0 Å². The van der Waals surface area contributed by atoms with Gasteiger partial charge in [0.05, 0.1) is 11.7 Å². The smallest absolute Gasteiger partial charge is 0.307 e. The number of carbonyl (C=O) groups is 1. The first-order chi connectivity index (χ1) is 9.90. The van der Waals surface area contributed by atoms with E-state index in [1.165, 1.54) is 23.6 Å². The molecule has 0 aromatic heterocycles. The maximum Gasteiger partial charge on any atom is 0.307 e. The van der Waals surface area contributed by atoms with Crippen molar-refractivity contribution in [3.63, 3.8) is 0 Å². The average Bonchev–Trinajstić information content (AvgIpc) is 2.48. The Morgan fingerprint density at radius 3 is 2.33 bits per heavy atom. The number of hydrogen-bond acceptors (Lipinski definition) is 3. The molecule has 3 aliphatic carbocycles. The van der Waals surface area contributed by atoms with E-state index in [0.717, 1.165) is 25.2 Å². The Kier molecular flexibility index (Phi) is 4.03. The van der Waals surface area contributed by atoms with Crippen LogP contribution in [0.1, 0.15) is 51.4 Å². The van der Waals surface area contributed by atoms with E-state index in [1.54, 1.807) is 0 Å². The maximum atomic E-state index is 12.7. The number of aliphatic carboxylic acids is 1. The van der Waals surface area contributed by atoms with Crippen molar-refractivity contribution in [2.45, 2.75) is 51.4 Å². The molecule has 2 bridgehead atoms. The third kappa shape index (κ3) is 3.11. The molecule has 1 aliphatic heterocycles. The van der Waals surface area contributed by atoms with E-state index in [4.69, 9.17) is 5.11 Å². The van der Waals surface area contributed by atoms with Crippen LogP contribution < -0.4 is 0 Å². The lowest BCUT2D eigenvalue weighted by Gasteiger charge is -2.47. The van der Waals surface area contributed by atoms with Gasteiger partial charge in [-0.1, -0.05) is 0 Å². The van der Waals surface area contributed by atoms with Crippen LogP contribution in [0.15, 0.2) is 0 Å². The van der Waals surface area contributed by atoms with Crippen LogP contribution in [0.2, 0.25) is 0 Å². The van der Waals surface area contributed by atoms with Gasteiger partial charge in [-0.25, -0.2) is 12.7 Å². The number of carboxylic acid groups (broad SMARTS) is 1. The van der Waals surface area contributed by atoms with Crippen LogP contribution in [0.5, 0.6) is 0 Å². The van der Waals surface area contributed by atoms with Gasteiger partial charge in [0.1, 0.15) is 0 Å². The zero-order valence-electron chi connectivity index (χ0n) is 12.5. The molecule has 4 aliphatic rings. The zero-order chi connectivity index (χ0) is 15.1. The number of rotatable bonds is 4. The van der Waals surface area contributed by atoms with Crippen LogP contribution in [0.25, 0.3) is 0 Å². The van der Waals surface area contributed by atoms with Gasteiger partial charge in [-0.05, 0) is 62.7 Å². The first kappa shape index (κ1) is 15.3. The second kappa shape index (κ2) is 5.54. The van der Waals surface area contributed by atoms with Gasteiger partial charge in [-0.15, -0.1) is 0 Å².